The van der Waals surface area contributed by atoms with Crippen LogP contribution in [0.2, 0.25) is 0 Å². The van der Waals surface area contributed by atoms with E-state index in [0.717, 1.165) is 5.92 Å². The molecule has 1 aromatic carbocycles. The van der Waals surface area contributed by atoms with Crippen molar-refractivity contribution in [3.8, 4) is 0 Å². The normalized spacial score (nSPS) is 23.6. The van der Waals surface area contributed by atoms with Crippen LogP contribution in [0.4, 0.5) is 0 Å². The zero-order valence-corrected chi connectivity index (χ0v) is 11.2. The summed E-state index contributed by atoms with van der Waals surface area (Å²) in [6, 6.07) is 9.03. The van der Waals surface area contributed by atoms with Gasteiger partial charge in [-0.1, -0.05) is 50.6 Å². The van der Waals surface area contributed by atoms with Crippen LogP contribution >= 0.6 is 0 Å². The molecule has 0 nitrogen and oxygen atoms in total. The van der Waals surface area contributed by atoms with Gasteiger partial charge in [-0.2, -0.15) is 0 Å². The van der Waals surface area contributed by atoms with E-state index in [1.807, 2.05) is 0 Å². The molecule has 0 radical (unpaired) electrons. The highest BCUT2D eigenvalue weighted by molar-refractivity contribution is 5.78. The molecule has 1 atom stereocenters. The molecule has 2 aliphatic carbocycles. The van der Waals surface area contributed by atoms with Crippen molar-refractivity contribution in [3.05, 3.63) is 41.0 Å². The van der Waals surface area contributed by atoms with Gasteiger partial charge < -0.3 is 0 Å². The molecule has 0 heterocycles. The van der Waals surface area contributed by atoms with Crippen LogP contribution in [-0.2, 0) is 6.42 Å². The van der Waals surface area contributed by atoms with Gasteiger partial charge in [0.15, 0.2) is 0 Å². The maximum atomic E-state index is 2.40. The number of hydrogen-bond acceptors (Lipinski definition) is 0. The summed E-state index contributed by atoms with van der Waals surface area (Å²) in [7, 11) is 0. The summed E-state index contributed by atoms with van der Waals surface area (Å²) >= 11 is 0. The smallest absolute Gasteiger partial charge is 0.00549 e. The van der Waals surface area contributed by atoms with Crippen molar-refractivity contribution in [3.63, 3.8) is 0 Å². The van der Waals surface area contributed by atoms with Crippen molar-refractivity contribution in [1.82, 2.24) is 0 Å². The van der Waals surface area contributed by atoms with E-state index >= 15 is 0 Å². The molecule has 0 saturated heterocycles. The summed E-state index contributed by atoms with van der Waals surface area (Å²) in [5.41, 5.74) is 6.96. The van der Waals surface area contributed by atoms with Crippen molar-refractivity contribution in [2.45, 2.75) is 46.5 Å². The minimum absolute atomic E-state index is 0.401. The van der Waals surface area contributed by atoms with E-state index in [2.05, 4.69) is 45.0 Å². The Morgan fingerprint density at radius 3 is 2.65 bits per heavy atom. The number of rotatable bonds is 0. The molecule has 3 rings (SSSR count). The standard InChI is InChI=1S/C17H22/c1-17(2,3)15-10-6-8-13-11-12-7-4-5-9-14(12)16(13)15/h4-5,7,9,15H,6,8,10-11H2,1-3H3. The second-order valence-electron chi connectivity index (χ2n) is 6.66. The fourth-order valence-electron chi connectivity index (χ4n) is 3.64. The Labute approximate surface area is 105 Å². The number of fused-ring (bicyclic) bond motifs is 2. The first-order chi connectivity index (χ1) is 8.07. The molecule has 0 fully saturated rings. The Bertz CT molecular complexity index is 471. The van der Waals surface area contributed by atoms with E-state index < -0.39 is 0 Å². The van der Waals surface area contributed by atoms with E-state index in [4.69, 9.17) is 0 Å². The Balaban J connectivity index is 2.10. The molecule has 0 aliphatic heterocycles. The zero-order chi connectivity index (χ0) is 12.0. The van der Waals surface area contributed by atoms with Crippen LogP contribution in [0.5, 0.6) is 0 Å². The molecule has 0 spiro atoms. The predicted molar refractivity (Wildman–Crippen MR) is 73.9 cm³/mol. The van der Waals surface area contributed by atoms with Gasteiger partial charge in [-0.05, 0) is 53.7 Å². The number of allylic oxidation sites excluding steroid dienone is 2. The van der Waals surface area contributed by atoms with E-state index in [1.54, 1.807) is 22.3 Å². The molecular weight excluding hydrogens is 204 g/mol. The van der Waals surface area contributed by atoms with Crippen LogP contribution in [0.3, 0.4) is 0 Å². The molecule has 0 bridgehead atoms. The first kappa shape index (κ1) is 11.1. The van der Waals surface area contributed by atoms with Crippen LogP contribution in [0.1, 0.15) is 51.2 Å². The molecule has 90 valence electrons. The minimum Gasteiger partial charge on any atom is -0.0619 e. The summed E-state index contributed by atoms with van der Waals surface area (Å²) < 4.78 is 0. The molecule has 1 unspecified atom stereocenters. The number of benzene rings is 1. The van der Waals surface area contributed by atoms with E-state index in [0.29, 0.717) is 5.41 Å². The molecule has 0 N–H and O–H groups in total. The largest absolute Gasteiger partial charge is 0.0619 e. The maximum absolute atomic E-state index is 2.40. The lowest BCUT2D eigenvalue weighted by molar-refractivity contribution is 0.276. The third-order valence-corrected chi connectivity index (χ3v) is 4.46. The second kappa shape index (κ2) is 3.73. The fraction of sp³-hybridized carbons (Fsp3) is 0.529. The van der Waals surface area contributed by atoms with Crippen molar-refractivity contribution in [2.24, 2.45) is 11.3 Å². The first-order valence-electron chi connectivity index (χ1n) is 6.87. The maximum Gasteiger partial charge on any atom is -0.00549 e. The van der Waals surface area contributed by atoms with Crippen LogP contribution < -0.4 is 0 Å². The summed E-state index contributed by atoms with van der Waals surface area (Å²) in [4.78, 5) is 0. The quantitative estimate of drug-likeness (QED) is 0.593. The SMILES string of the molecule is CC(C)(C)C1CCCC2=C1c1ccccc1C2. The summed E-state index contributed by atoms with van der Waals surface area (Å²) in [6.45, 7) is 7.19. The van der Waals surface area contributed by atoms with Gasteiger partial charge in [0, 0.05) is 0 Å². The van der Waals surface area contributed by atoms with Gasteiger partial charge in [-0.15, -0.1) is 0 Å². The predicted octanol–water partition coefficient (Wildman–Crippen LogP) is 4.84. The highest BCUT2D eigenvalue weighted by atomic mass is 14.4. The minimum atomic E-state index is 0.401. The lowest BCUT2D eigenvalue weighted by Gasteiger charge is -2.36. The molecule has 0 heteroatoms. The zero-order valence-electron chi connectivity index (χ0n) is 11.2. The first-order valence-corrected chi connectivity index (χ1v) is 6.87. The monoisotopic (exact) mass is 226 g/mol. The Hall–Kier alpha value is -1.04. The second-order valence-corrected chi connectivity index (χ2v) is 6.66. The molecule has 17 heavy (non-hydrogen) atoms. The molecule has 0 amide bonds. The van der Waals surface area contributed by atoms with Crippen LogP contribution in [0.25, 0.3) is 5.57 Å². The highest BCUT2D eigenvalue weighted by Crippen LogP contribution is 2.50. The average Bonchev–Trinajstić information content (AvgIpc) is 2.65. The summed E-state index contributed by atoms with van der Waals surface area (Å²) in [5.74, 6) is 0.759. The lowest BCUT2D eigenvalue weighted by Crippen LogP contribution is -2.24. The molecule has 2 aliphatic rings. The van der Waals surface area contributed by atoms with Gasteiger partial charge >= 0.3 is 0 Å². The third-order valence-electron chi connectivity index (χ3n) is 4.46. The summed E-state index contributed by atoms with van der Waals surface area (Å²) in [5, 5.41) is 0. The molecule has 1 aromatic rings. The fourth-order valence-corrected chi connectivity index (χ4v) is 3.64. The van der Waals surface area contributed by atoms with Crippen molar-refractivity contribution in [1.29, 1.82) is 0 Å². The third kappa shape index (κ3) is 1.74. The molecule has 0 saturated carbocycles. The lowest BCUT2D eigenvalue weighted by atomic mass is 9.69. The van der Waals surface area contributed by atoms with Crippen molar-refractivity contribution >= 4 is 5.57 Å². The van der Waals surface area contributed by atoms with E-state index in [1.165, 1.54) is 25.7 Å². The Morgan fingerprint density at radius 1 is 1.12 bits per heavy atom. The van der Waals surface area contributed by atoms with E-state index in [9.17, 15) is 0 Å². The van der Waals surface area contributed by atoms with Gasteiger partial charge in [-0.25, -0.2) is 0 Å². The van der Waals surface area contributed by atoms with Gasteiger partial charge in [0.25, 0.3) is 0 Å². The van der Waals surface area contributed by atoms with Gasteiger partial charge in [0.1, 0.15) is 0 Å². The van der Waals surface area contributed by atoms with Crippen molar-refractivity contribution < 1.29 is 0 Å². The highest BCUT2D eigenvalue weighted by Gasteiger charge is 2.36. The number of hydrogen-bond donors (Lipinski definition) is 0. The van der Waals surface area contributed by atoms with Gasteiger partial charge in [-0.3, -0.25) is 0 Å². The topological polar surface area (TPSA) is 0 Å². The van der Waals surface area contributed by atoms with Crippen LogP contribution in [0, 0.1) is 11.3 Å². The van der Waals surface area contributed by atoms with Gasteiger partial charge in [0.05, 0.1) is 0 Å². The molecule has 0 aromatic heterocycles. The summed E-state index contributed by atoms with van der Waals surface area (Å²) in [6.07, 6.45) is 5.31. The van der Waals surface area contributed by atoms with Crippen LogP contribution in [-0.4, -0.2) is 0 Å². The average molecular weight is 226 g/mol. The Morgan fingerprint density at radius 2 is 1.88 bits per heavy atom. The van der Waals surface area contributed by atoms with Gasteiger partial charge in [0.2, 0.25) is 0 Å². The Kier molecular flexibility index (Phi) is 2.43. The van der Waals surface area contributed by atoms with E-state index in [-0.39, 0.29) is 0 Å². The van der Waals surface area contributed by atoms with Crippen molar-refractivity contribution in [2.75, 3.05) is 0 Å². The van der Waals surface area contributed by atoms with Crippen LogP contribution in [0.15, 0.2) is 29.8 Å². The molecular formula is C17H22.